The molecule has 0 bridgehead atoms. The molecule has 0 unspecified atom stereocenters. The van der Waals surface area contributed by atoms with E-state index in [1.54, 1.807) is 23.6 Å². The Morgan fingerprint density at radius 1 is 1.23 bits per heavy atom. The highest BCUT2D eigenvalue weighted by Gasteiger charge is 2.25. The lowest BCUT2D eigenvalue weighted by Crippen LogP contribution is -2.57. The first-order valence-corrected chi connectivity index (χ1v) is 12.3. The molecule has 1 aromatic carbocycles. The molecule has 8 nitrogen and oxygen atoms in total. The Bertz CT molecular complexity index is 1600. The predicted molar refractivity (Wildman–Crippen MR) is 143 cm³/mol. The van der Waals surface area contributed by atoms with Crippen LogP contribution in [0.1, 0.15) is 12.5 Å². The number of aliphatic imine (C=N–C) groups is 1. The third-order valence-electron chi connectivity index (χ3n) is 6.16. The summed E-state index contributed by atoms with van der Waals surface area (Å²) in [7, 11) is 0. The third kappa shape index (κ3) is 3.74. The van der Waals surface area contributed by atoms with E-state index in [0.29, 0.717) is 5.82 Å². The van der Waals surface area contributed by atoms with Crippen LogP contribution in [0.15, 0.2) is 71.7 Å². The van der Waals surface area contributed by atoms with Gasteiger partial charge in [-0.2, -0.15) is 5.10 Å². The lowest BCUT2D eigenvalue weighted by atomic mass is 10.1. The summed E-state index contributed by atoms with van der Waals surface area (Å²) in [6.07, 6.45) is 5.59. The summed E-state index contributed by atoms with van der Waals surface area (Å²) < 4.78 is 0. The molecule has 4 aromatic heterocycles. The average Bonchev–Trinajstić information content (AvgIpc) is 3.61. The summed E-state index contributed by atoms with van der Waals surface area (Å²) >= 11 is 1.65. The number of amidine groups is 1. The lowest BCUT2D eigenvalue weighted by molar-refractivity contribution is 0.256. The summed E-state index contributed by atoms with van der Waals surface area (Å²) in [6.45, 7) is 7.51. The number of aromatic nitrogens is 5. The second-order valence-electron chi connectivity index (χ2n) is 8.46. The second kappa shape index (κ2) is 8.61. The molecule has 1 fully saturated rings. The van der Waals surface area contributed by atoms with Crippen molar-refractivity contribution in [2.75, 3.05) is 13.1 Å². The molecule has 174 valence electrons. The van der Waals surface area contributed by atoms with E-state index in [1.807, 2.05) is 42.6 Å². The maximum atomic E-state index is 5.95. The highest BCUT2D eigenvalue weighted by atomic mass is 32.1. The van der Waals surface area contributed by atoms with Crippen molar-refractivity contribution >= 4 is 44.8 Å². The highest BCUT2D eigenvalue weighted by molar-refractivity contribution is 7.13. The molecule has 1 aliphatic heterocycles. The van der Waals surface area contributed by atoms with Crippen molar-refractivity contribution in [3.05, 3.63) is 72.3 Å². The fourth-order valence-corrected chi connectivity index (χ4v) is 5.08. The summed E-state index contributed by atoms with van der Waals surface area (Å²) in [6, 6.07) is 12.4. The Balaban J connectivity index is 1.41. The van der Waals surface area contributed by atoms with Crippen LogP contribution < -0.4 is 5.73 Å². The summed E-state index contributed by atoms with van der Waals surface area (Å²) in [4.78, 5) is 21.0. The SMILES string of the molecule is C=CC(=N/C(=C\C)c1ccc2[nH]nc(-c3nc4c(-c5cccs5)nccc4[nH]3)c2c1)N1CC(N)C1. The van der Waals surface area contributed by atoms with Crippen molar-refractivity contribution in [3.8, 4) is 22.1 Å². The highest BCUT2D eigenvalue weighted by Crippen LogP contribution is 2.33. The maximum Gasteiger partial charge on any atom is 0.159 e. The van der Waals surface area contributed by atoms with Gasteiger partial charge >= 0.3 is 0 Å². The number of likely N-dealkylation sites (tertiary alicyclic amines) is 1. The molecule has 5 aromatic rings. The molecule has 6 rings (SSSR count). The summed E-state index contributed by atoms with van der Waals surface area (Å²) in [5, 5.41) is 10.7. The van der Waals surface area contributed by atoms with E-state index in [4.69, 9.17) is 15.7 Å². The number of hydrogen-bond acceptors (Lipinski definition) is 6. The monoisotopic (exact) mass is 480 g/mol. The van der Waals surface area contributed by atoms with Crippen molar-refractivity contribution < 1.29 is 0 Å². The van der Waals surface area contributed by atoms with E-state index in [0.717, 1.165) is 68.4 Å². The van der Waals surface area contributed by atoms with E-state index >= 15 is 0 Å². The fraction of sp³-hybridized carbons (Fsp3) is 0.154. The molecule has 4 N–H and O–H groups in total. The number of hydrogen-bond donors (Lipinski definition) is 3. The Kier molecular flexibility index (Phi) is 5.28. The first-order valence-electron chi connectivity index (χ1n) is 11.4. The number of imidazole rings is 1. The van der Waals surface area contributed by atoms with Gasteiger partial charge in [0.2, 0.25) is 0 Å². The molecular formula is C26H24N8S. The van der Waals surface area contributed by atoms with Gasteiger partial charge < -0.3 is 15.6 Å². The average molecular weight is 481 g/mol. The zero-order chi connectivity index (χ0) is 23.9. The number of nitrogens with two attached hydrogens (primary N) is 1. The van der Waals surface area contributed by atoms with Gasteiger partial charge in [-0.3, -0.25) is 10.1 Å². The normalized spacial score (nSPS) is 15.2. The molecule has 9 heteroatoms. The van der Waals surface area contributed by atoms with Crippen molar-refractivity contribution in [1.29, 1.82) is 0 Å². The van der Waals surface area contributed by atoms with Gasteiger partial charge in [-0.1, -0.05) is 24.8 Å². The van der Waals surface area contributed by atoms with E-state index < -0.39 is 0 Å². The van der Waals surface area contributed by atoms with Gasteiger partial charge in [0.25, 0.3) is 0 Å². The molecule has 1 aliphatic rings. The summed E-state index contributed by atoms with van der Waals surface area (Å²) in [5.41, 5.74) is 12.1. The van der Waals surface area contributed by atoms with E-state index in [2.05, 4.69) is 43.8 Å². The van der Waals surface area contributed by atoms with Crippen LogP contribution in [0, 0.1) is 0 Å². The minimum atomic E-state index is 0.193. The van der Waals surface area contributed by atoms with Gasteiger partial charge in [0.15, 0.2) is 5.82 Å². The largest absolute Gasteiger partial charge is 0.353 e. The Hall–Kier alpha value is -4.08. The molecule has 0 saturated carbocycles. The van der Waals surface area contributed by atoms with Gasteiger partial charge in [-0.25, -0.2) is 9.98 Å². The molecule has 5 heterocycles. The van der Waals surface area contributed by atoms with Gasteiger partial charge in [0.1, 0.15) is 22.7 Å². The fourth-order valence-electron chi connectivity index (χ4n) is 4.36. The van der Waals surface area contributed by atoms with Crippen LogP contribution in [-0.4, -0.2) is 55.0 Å². The maximum absolute atomic E-state index is 5.95. The number of benzene rings is 1. The van der Waals surface area contributed by atoms with E-state index in [1.165, 1.54) is 0 Å². The number of pyridine rings is 1. The molecule has 0 aliphatic carbocycles. The molecular weight excluding hydrogens is 456 g/mol. The quantitative estimate of drug-likeness (QED) is 0.247. The van der Waals surface area contributed by atoms with E-state index in [9.17, 15) is 0 Å². The number of fused-ring (bicyclic) bond motifs is 2. The number of rotatable bonds is 5. The Labute approximate surface area is 205 Å². The van der Waals surface area contributed by atoms with Crippen molar-refractivity contribution in [2.45, 2.75) is 13.0 Å². The molecule has 0 radical (unpaired) electrons. The van der Waals surface area contributed by atoms with Crippen LogP contribution in [0.4, 0.5) is 0 Å². The number of H-pyrrole nitrogens is 2. The third-order valence-corrected chi connectivity index (χ3v) is 7.04. The molecule has 1 saturated heterocycles. The number of allylic oxidation sites excluding steroid dienone is 1. The van der Waals surface area contributed by atoms with Crippen LogP contribution in [-0.2, 0) is 0 Å². The van der Waals surface area contributed by atoms with Crippen molar-refractivity contribution in [2.24, 2.45) is 10.7 Å². The standard InChI is InChI=1S/C26H24N8S/c1-3-18(29-22(4-2)34-13-16(27)14-34)15-7-8-19-17(12-15)23(33-32-19)26-30-20-9-10-28-25(24(20)31-26)21-6-5-11-35-21/h3-12,16H,2,13-14,27H2,1H3,(H,30,31)(H,32,33)/b18-3-,29-22?. The van der Waals surface area contributed by atoms with Crippen molar-refractivity contribution in [1.82, 2.24) is 30.0 Å². The minimum absolute atomic E-state index is 0.193. The Morgan fingerprint density at radius 2 is 2.11 bits per heavy atom. The van der Waals surface area contributed by atoms with Crippen LogP contribution in [0.3, 0.4) is 0 Å². The zero-order valence-electron chi connectivity index (χ0n) is 19.2. The first-order chi connectivity index (χ1) is 17.1. The molecule has 35 heavy (non-hydrogen) atoms. The van der Waals surface area contributed by atoms with Gasteiger partial charge in [0, 0.05) is 36.3 Å². The first kappa shape index (κ1) is 21.5. The number of nitrogens with one attached hydrogen (secondary N) is 2. The number of thiophene rings is 1. The zero-order valence-corrected chi connectivity index (χ0v) is 20.0. The second-order valence-corrected chi connectivity index (χ2v) is 9.41. The van der Waals surface area contributed by atoms with Crippen LogP contribution in [0.2, 0.25) is 0 Å². The van der Waals surface area contributed by atoms with E-state index in [-0.39, 0.29) is 6.04 Å². The molecule has 0 atom stereocenters. The minimum Gasteiger partial charge on any atom is -0.353 e. The summed E-state index contributed by atoms with van der Waals surface area (Å²) in [5.74, 6) is 1.53. The van der Waals surface area contributed by atoms with Gasteiger partial charge in [0.05, 0.1) is 21.6 Å². The van der Waals surface area contributed by atoms with Crippen LogP contribution >= 0.6 is 11.3 Å². The van der Waals surface area contributed by atoms with Gasteiger partial charge in [-0.15, -0.1) is 11.3 Å². The predicted octanol–water partition coefficient (Wildman–Crippen LogP) is 4.82. The lowest BCUT2D eigenvalue weighted by Gasteiger charge is -2.38. The van der Waals surface area contributed by atoms with Crippen LogP contribution in [0.25, 0.3) is 49.7 Å². The topological polar surface area (TPSA) is 112 Å². The number of nitrogens with zero attached hydrogens (tertiary/aromatic N) is 5. The van der Waals surface area contributed by atoms with Crippen LogP contribution in [0.5, 0.6) is 0 Å². The molecule has 0 spiro atoms. The smallest absolute Gasteiger partial charge is 0.159 e. The van der Waals surface area contributed by atoms with Crippen molar-refractivity contribution in [3.63, 3.8) is 0 Å². The number of aromatic amines is 2. The molecule has 0 amide bonds. The van der Waals surface area contributed by atoms with Gasteiger partial charge in [-0.05, 0) is 42.6 Å². The Morgan fingerprint density at radius 3 is 2.86 bits per heavy atom.